The van der Waals surface area contributed by atoms with Gasteiger partial charge >= 0.3 is 0 Å². The van der Waals surface area contributed by atoms with Crippen molar-refractivity contribution in [3.05, 3.63) is 40.5 Å². The van der Waals surface area contributed by atoms with Crippen LogP contribution in [0.2, 0.25) is 5.02 Å². The quantitative estimate of drug-likeness (QED) is 0.200. The van der Waals surface area contributed by atoms with Crippen molar-refractivity contribution in [1.82, 2.24) is 19.8 Å². The first-order valence-corrected chi connectivity index (χ1v) is 14.1. The van der Waals surface area contributed by atoms with Crippen molar-refractivity contribution in [2.24, 2.45) is 0 Å². The molecule has 0 radical (unpaired) electrons. The SMILES string of the molecule is CCCCCCCCCCCCCCOCc1ccc(-c2nc3c(Cl)c(C(C)(C)C)[nH]n3n2)cc1. The van der Waals surface area contributed by atoms with Gasteiger partial charge in [0.2, 0.25) is 0 Å². The molecule has 0 unspecified atom stereocenters. The number of nitrogens with one attached hydrogen (secondary N) is 1. The van der Waals surface area contributed by atoms with Gasteiger partial charge in [0.1, 0.15) is 5.02 Å². The summed E-state index contributed by atoms with van der Waals surface area (Å²) in [6.45, 7) is 10.1. The molecule has 0 atom stereocenters. The van der Waals surface area contributed by atoms with Crippen LogP contribution in [0.1, 0.15) is 116 Å². The molecule has 0 aliphatic heterocycles. The lowest BCUT2D eigenvalue weighted by molar-refractivity contribution is 0.116. The van der Waals surface area contributed by atoms with E-state index in [9.17, 15) is 0 Å². The van der Waals surface area contributed by atoms with Crippen molar-refractivity contribution in [1.29, 1.82) is 0 Å². The maximum Gasteiger partial charge on any atom is 0.194 e. The number of halogens is 1. The second-order valence-corrected chi connectivity index (χ2v) is 11.2. The van der Waals surface area contributed by atoms with Gasteiger partial charge in [-0.05, 0) is 12.0 Å². The van der Waals surface area contributed by atoms with Crippen molar-refractivity contribution in [3.63, 3.8) is 0 Å². The van der Waals surface area contributed by atoms with Gasteiger partial charge in [-0.25, -0.2) is 4.98 Å². The summed E-state index contributed by atoms with van der Waals surface area (Å²) in [5, 5.41) is 8.49. The first-order chi connectivity index (χ1) is 16.9. The number of unbranched alkanes of at least 4 members (excludes halogenated alkanes) is 11. The summed E-state index contributed by atoms with van der Waals surface area (Å²) >= 11 is 6.55. The molecule has 2 heterocycles. The van der Waals surface area contributed by atoms with Gasteiger partial charge < -0.3 is 4.74 Å². The Morgan fingerprint density at radius 2 is 1.43 bits per heavy atom. The molecular weight excluding hydrogens is 456 g/mol. The van der Waals surface area contributed by atoms with Crippen molar-refractivity contribution < 1.29 is 4.74 Å². The van der Waals surface area contributed by atoms with Crippen molar-refractivity contribution >= 4 is 17.2 Å². The van der Waals surface area contributed by atoms with Crippen molar-refractivity contribution in [3.8, 4) is 11.4 Å². The number of aromatic amines is 1. The lowest BCUT2D eigenvalue weighted by Crippen LogP contribution is -2.12. The standard InChI is InChI=1S/C29H45ClN4O/c1-5-6-7-8-9-10-11-12-13-14-15-16-21-35-22-23-17-19-24(20-18-23)27-31-28-25(30)26(29(2,3)4)32-34(28)33-27/h17-20,32H,5-16,21-22H2,1-4H3. The highest BCUT2D eigenvalue weighted by Crippen LogP contribution is 2.31. The first kappa shape index (κ1) is 27.7. The monoisotopic (exact) mass is 500 g/mol. The largest absolute Gasteiger partial charge is 0.377 e. The molecule has 0 spiro atoms. The molecule has 194 valence electrons. The lowest BCUT2D eigenvalue weighted by atomic mass is 9.92. The van der Waals surface area contributed by atoms with E-state index in [1.807, 2.05) is 0 Å². The number of hydrogen-bond donors (Lipinski definition) is 1. The fourth-order valence-electron chi connectivity index (χ4n) is 4.40. The zero-order chi connectivity index (χ0) is 25.1. The topological polar surface area (TPSA) is 55.2 Å². The molecule has 2 aromatic heterocycles. The van der Waals surface area contributed by atoms with Crippen LogP contribution in [0.4, 0.5) is 0 Å². The number of rotatable bonds is 16. The smallest absolute Gasteiger partial charge is 0.194 e. The molecular formula is C29H45ClN4O. The third-order valence-corrected chi connectivity index (χ3v) is 6.97. The molecule has 1 aromatic carbocycles. The van der Waals surface area contributed by atoms with Gasteiger partial charge in [-0.3, -0.25) is 5.10 Å². The molecule has 0 saturated heterocycles. The van der Waals surface area contributed by atoms with Crippen molar-refractivity contribution in [2.75, 3.05) is 6.61 Å². The van der Waals surface area contributed by atoms with Gasteiger partial charge in [0.25, 0.3) is 0 Å². The zero-order valence-electron chi connectivity index (χ0n) is 22.3. The molecule has 0 aliphatic carbocycles. The van der Waals surface area contributed by atoms with Gasteiger partial charge in [0.05, 0.1) is 12.3 Å². The van der Waals surface area contributed by atoms with E-state index in [1.165, 1.54) is 76.2 Å². The van der Waals surface area contributed by atoms with Crippen LogP contribution in [-0.2, 0) is 16.8 Å². The Morgan fingerprint density at radius 3 is 1.97 bits per heavy atom. The summed E-state index contributed by atoms with van der Waals surface area (Å²) in [5.74, 6) is 0.669. The van der Waals surface area contributed by atoms with Gasteiger partial charge in [-0.1, -0.05) is 134 Å². The normalized spacial score (nSPS) is 12.1. The van der Waals surface area contributed by atoms with Crippen LogP contribution < -0.4 is 0 Å². The predicted molar refractivity (Wildman–Crippen MR) is 147 cm³/mol. The van der Waals surface area contributed by atoms with E-state index in [2.05, 4.69) is 67.1 Å². The van der Waals surface area contributed by atoms with E-state index < -0.39 is 0 Å². The third kappa shape index (κ3) is 8.64. The van der Waals surface area contributed by atoms with Gasteiger partial charge in [0, 0.05) is 17.6 Å². The number of nitrogens with zero attached hydrogens (tertiary/aromatic N) is 3. The van der Waals surface area contributed by atoms with E-state index in [-0.39, 0.29) is 5.41 Å². The van der Waals surface area contributed by atoms with Crippen LogP contribution in [0.15, 0.2) is 24.3 Å². The first-order valence-electron chi connectivity index (χ1n) is 13.7. The zero-order valence-corrected chi connectivity index (χ0v) is 23.1. The lowest BCUT2D eigenvalue weighted by Gasteiger charge is -2.16. The van der Waals surface area contributed by atoms with E-state index >= 15 is 0 Å². The van der Waals surface area contributed by atoms with E-state index in [1.54, 1.807) is 4.63 Å². The molecule has 5 nitrogen and oxygen atoms in total. The van der Waals surface area contributed by atoms with Crippen LogP contribution in [0, 0.1) is 0 Å². The minimum absolute atomic E-state index is 0.0888. The van der Waals surface area contributed by atoms with Crippen molar-refractivity contribution in [2.45, 2.75) is 117 Å². The highest BCUT2D eigenvalue weighted by Gasteiger charge is 2.24. The molecule has 6 heteroatoms. The summed E-state index contributed by atoms with van der Waals surface area (Å²) in [4.78, 5) is 4.65. The maximum atomic E-state index is 6.55. The highest BCUT2D eigenvalue weighted by atomic mass is 35.5. The number of aromatic nitrogens is 4. The third-order valence-electron chi connectivity index (χ3n) is 6.61. The second kappa shape index (κ2) is 14.0. The summed E-state index contributed by atoms with van der Waals surface area (Å²) in [6.07, 6.45) is 16.4. The van der Waals surface area contributed by atoms with E-state index in [0.29, 0.717) is 23.1 Å². The summed E-state index contributed by atoms with van der Waals surface area (Å²) in [7, 11) is 0. The molecule has 3 aromatic rings. The molecule has 0 aliphatic rings. The molecule has 35 heavy (non-hydrogen) atoms. The van der Waals surface area contributed by atoms with Crippen LogP contribution in [0.5, 0.6) is 0 Å². The Hall–Kier alpha value is -1.85. The summed E-state index contributed by atoms with van der Waals surface area (Å²) in [6, 6.07) is 8.29. The van der Waals surface area contributed by atoms with E-state index in [4.69, 9.17) is 16.3 Å². The maximum absolute atomic E-state index is 6.55. The summed E-state index contributed by atoms with van der Waals surface area (Å²) < 4.78 is 7.57. The number of ether oxygens (including phenoxy) is 1. The fraction of sp³-hybridized carbons (Fsp3) is 0.655. The minimum atomic E-state index is -0.0888. The fourth-order valence-corrected chi connectivity index (χ4v) is 4.85. The Labute approximate surface area is 217 Å². The number of H-pyrrole nitrogens is 1. The van der Waals surface area contributed by atoms with Gasteiger partial charge in [0.15, 0.2) is 11.5 Å². The van der Waals surface area contributed by atoms with E-state index in [0.717, 1.165) is 24.3 Å². The molecule has 3 rings (SSSR count). The van der Waals surface area contributed by atoms with Crippen LogP contribution in [0.25, 0.3) is 17.0 Å². The van der Waals surface area contributed by atoms with Crippen LogP contribution in [0.3, 0.4) is 0 Å². The Kier molecular flexibility index (Phi) is 11.1. The summed E-state index contributed by atoms with van der Waals surface area (Å²) in [5.41, 5.74) is 3.67. The average molecular weight is 501 g/mol. The Balaban J connectivity index is 1.29. The molecule has 0 amide bonds. The average Bonchev–Trinajstić information content (AvgIpc) is 3.39. The Bertz CT molecular complexity index is 1000. The van der Waals surface area contributed by atoms with Crippen LogP contribution >= 0.6 is 11.6 Å². The van der Waals surface area contributed by atoms with Crippen LogP contribution in [-0.4, -0.2) is 26.4 Å². The highest BCUT2D eigenvalue weighted by molar-refractivity contribution is 6.34. The predicted octanol–water partition coefficient (Wildman–Crippen LogP) is 8.89. The molecule has 0 fully saturated rings. The number of benzene rings is 1. The Morgan fingerprint density at radius 1 is 0.857 bits per heavy atom. The van der Waals surface area contributed by atoms with Gasteiger partial charge in [-0.15, -0.1) is 5.10 Å². The minimum Gasteiger partial charge on any atom is -0.377 e. The molecule has 0 bridgehead atoms. The number of fused-ring (bicyclic) bond motifs is 1. The molecule has 0 saturated carbocycles. The molecule has 1 N–H and O–H groups in total. The second-order valence-electron chi connectivity index (χ2n) is 10.9. The number of hydrogen-bond acceptors (Lipinski definition) is 3. The van der Waals surface area contributed by atoms with Gasteiger partial charge in [-0.2, -0.15) is 4.63 Å².